The molecule has 2 heterocycles. The van der Waals surface area contributed by atoms with Crippen molar-refractivity contribution in [2.24, 2.45) is 11.3 Å². The van der Waals surface area contributed by atoms with Gasteiger partial charge in [-0.3, -0.25) is 9.36 Å². The molecule has 0 N–H and O–H groups in total. The van der Waals surface area contributed by atoms with E-state index in [1.807, 2.05) is 28.8 Å². The van der Waals surface area contributed by atoms with Gasteiger partial charge in [0.15, 0.2) is 5.16 Å². The van der Waals surface area contributed by atoms with Gasteiger partial charge in [-0.05, 0) is 41.7 Å². The minimum absolute atomic E-state index is 0.108. The SMILES string of the molecule is C=CCSc1nc2sc3c(c2c(=O)n1Cc1ccccc1)CC[C@H](C(C)(C)C)C3. The van der Waals surface area contributed by atoms with Crippen molar-refractivity contribution in [3.05, 3.63) is 69.3 Å². The minimum atomic E-state index is 0.108. The molecule has 29 heavy (non-hydrogen) atoms. The molecule has 0 saturated carbocycles. The molecule has 1 aromatic carbocycles. The molecule has 0 unspecified atom stereocenters. The standard InChI is InChI=1S/C24H28N2OS2/c1-5-13-28-23-25-21-20(22(27)26(23)15-16-9-7-6-8-10-16)18-12-11-17(24(2,3)4)14-19(18)29-21/h5-10,17H,1,11-15H2,2-4H3/t17-/m0/s1. The van der Waals surface area contributed by atoms with E-state index >= 15 is 0 Å². The van der Waals surface area contributed by atoms with Gasteiger partial charge in [0.2, 0.25) is 0 Å². The number of aromatic nitrogens is 2. The molecule has 0 amide bonds. The Balaban J connectivity index is 1.83. The molecule has 0 fully saturated rings. The Morgan fingerprint density at radius 3 is 2.76 bits per heavy atom. The zero-order valence-corrected chi connectivity index (χ0v) is 19.0. The summed E-state index contributed by atoms with van der Waals surface area (Å²) >= 11 is 3.32. The molecule has 5 heteroatoms. The van der Waals surface area contributed by atoms with Gasteiger partial charge < -0.3 is 0 Å². The largest absolute Gasteiger partial charge is 0.283 e. The second kappa shape index (κ2) is 8.11. The van der Waals surface area contributed by atoms with Gasteiger partial charge in [0.1, 0.15) is 4.83 Å². The molecule has 1 aliphatic carbocycles. The fourth-order valence-electron chi connectivity index (χ4n) is 4.13. The lowest BCUT2D eigenvalue weighted by molar-refractivity contribution is 0.218. The Labute approximate surface area is 180 Å². The average molecular weight is 425 g/mol. The average Bonchev–Trinajstić information content (AvgIpc) is 3.06. The first kappa shape index (κ1) is 20.4. The highest BCUT2D eigenvalue weighted by molar-refractivity contribution is 7.99. The highest BCUT2D eigenvalue weighted by Gasteiger charge is 2.32. The first-order valence-corrected chi connectivity index (χ1v) is 12.0. The summed E-state index contributed by atoms with van der Waals surface area (Å²) in [4.78, 5) is 20.9. The summed E-state index contributed by atoms with van der Waals surface area (Å²) in [5.74, 6) is 1.40. The molecular formula is C24H28N2OS2. The van der Waals surface area contributed by atoms with Crippen molar-refractivity contribution in [2.45, 2.75) is 51.7 Å². The highest BCUT2D eigenvalue weighted by Crippen LogP contribution is 2.42. The van der Waals surface area contributed by atoms with Gasteiger partial charge in [-0.25, -0.2) is 4.98 Å². The van der Waals surface area contributed by atoms with Gasteiger partial charge in [0, 0.05) is 10.6 Å². The van der Waals surface area contributed by atoms with Gasteiger partial charge in [-0.1, -0.05) is 68.9 Å². The number of fused-ring (bicyclic) bond motifs is 3. The van der Waals surface area contributed by atoms with Crippen LogP contribution in [0.5, 0.6) is 0 Å². The maximum Gasteiger partial charge on any atom is 0.263 e. The summed E-state index contributed by atoms with van der Waals surface area (Å²) in [6, 6.07) is 10.2. The number of aryl methyl sites for hydroxylation is 1. The molecule has 0 aliphatic heterocycles. The molecule has 3 nitrogen and oxygen atoms in total. The molecule has 1 aliphatic rings. The van der Waals surface area contributed by atoms with Gasteiger partial charge in [-0.2, -0.15) is 0 Å². The van der Waals surface area contributed by atoms with Crippen LogP contribution in [0.25, 0.3) is 10.2 Å². The minimum Gasteiger partial charge on any atom is -0.283 e. The molecule has 3 aromatic rings. The van der Waals surface area contributed by atoms with Crippen LogP contribution < -0.4 is 5.56 Å². The maximum absolute atomic E-state index is 13.6. The first-order chi connectivity index (χ1) is 13.9. The Morgan fingerprint density at radius 2 is 2.07 bits per heavy atom. The zero-order valence-electron chi connectivity index (χ0n) is 17.4. The second-order valence-corrected chi connectivity index (χ2v) is 10.9. The van der Waals surface area contributed by atoms with Crippen molar-refractivity contribution >= 4 is 33.3 Å². The number of benzene rings is 1. The number of hydrogen-bond acceptors (Lipinski definition) is 4. The normalized spacial score (nSPS) is 16.7. The molecule has 4 rings (SSSR count). The van der Waals surface area contributed by atoms with E-state index in [2.05, 4.69) is 39.5 Å². The van der Waals surface area contributed by atoms with E-state index in [1.54, 1.807) is 23.1 Å². The Kier molecular flexibility index (Phi) is 5.71. The van der Waals surface area contributed by atoms with Gasteiger partial charge in [0.05, 0.1) is 11.9 Å². The number of rotatable bonds is 5. The molecule has 0 spiro atoms. The summed E-state index contributed by atoms with van der Waals surface area (Å²) in [6.45, 7) is 11.4. The number of nitrogens with zero attached hydrogens (tertiary/aromatic N) is 2. The van der Waals surface area contributed by atoms with E-state index in [9.17, 15) is 4.79 Å². The van der Waals surface area contributed by atoms with Crippen LogP contribution >= 0.6 is 23.1 Å². The van der Waals surface area contributed by atoms with Gasteiger partial charge in [0.25, 0.3) is 5.56 Å². The number of thiophene rings is 1. The summed E-state index contributed by atoms with van der Waals surface area (Å²) in [5, 5.41) is 1.65. The quantitative estimate of drug-likeness (QED) is 0.289. The van der Waals surface area contributed by atoms with E-state index in [4.69, 9.17) is 4.98 Å². The van der Waals surface area contributed by atoms with Crippen LogP contribution in [0, 0.1) is 11.3 Å². The summed E-state index contributed by atoms with van der Waals surface area (Å²) < 4.78 is 1.86. The van der Waals surface area contributed by atoms with Crippen LogP contribution in [0.1, 0.15) is 43.2 Å². The zero-order chi connectivity index (χ0) is 20.6. The summed E-state index contributed by atoms with van der Waals surface area (Å²) in [7, 11) is 0. The number of hydrogen-bond donors (Lipinski definition) is 0. The van der Waals surface area contributed by atoms with Crippen LogP contribution in [0.15, 0.2) is 52.9 Å². The molecule has 2 aromatic heterocycles. The molecule has 152 valence electrons. The lowest BCUT2D eigenvalue weighted by atomic mass is 9.72. The van der Waals surface area contributed by atoms with E-state index in [0.29, 0.717) is 17.9 Å². The van der Waals surface area contributed by atoms with Crippen molar-refractivity contribution in [3.8, 4) is 0 Å². The Morgan fingerprint density at radius 1 is 1.31 bits per heavy atom. The van der Waals surface area contributed by atoms with E-state index < -0.39 is 0 Å². The molecule has 0 radical (unpaired) electrons. The van der Waals surface area contributed by atoms with Crippen molar-refractivity contribution in [3.63, 3.8) is 0 Å². The van der Waals surface area contributed by atoms with Crippen LogP contribution in [0.2, 0.25) is 0 Å². The van der Waals surface area contributed by atoms with Gasteiger partial charge in [-0.15, -0.1) is 17.9 Å². The number of thioether (sulfide) groups is 1. The van der Waals surface area contributed by atoms with Crippen molar-refractivity contribution in [2.75, 3.05) is 5.75 Å². The third-order valence-electron chi connectivity index (χ3n) is 5.87. The lowest BCUT2D eigenvalue weighted by Crippen LogP contribution is -2.27. The van der Waals surface area contributed by atoms with Crippen LogP contribution in [0.3, 0.4) is 0 Å². The van der Waals surface area contributed by atoms with Crippen molar-refractivity contribution in [1.29, 1.82) is 0 Å². The predicted octanol–water partition coefficient (Wildman–Crippen LogP) is 5.94. The Hall–Kier alpha value is -1.85. The fourth-order valence-corrected chi connectivity index (χ4v) is 6.20. The third kappa shape index (κ3) is 4.08. The maximum atomic E-state index is 13.6. The lowest BCUT2D eigenvalue weighted by Gasteiger charge is -2.33. The van der Waals surface area contributed by atoms with Gasteiger partial charge >= 0.3 is 0 Å². The molecule has 1 atom stereocenters. The second-order valence-electron chi connectivity index (χ2n) is 8.86. The third-order valence-corrected chi connectivity index (χ3v) is 7.99. The monoisotopic (exact) mass is 424 g/mol. The summed E-state index contributed by atoms with van der Waals surface area (Å²) in [6.07, 6.45) is 5.06. The molecule has 0 bridgehead atoms. The summed E-state index contributed by atoms with van der Waals surface area (Å²) in [5.41, 5.74) is 2.77. The van der Waals surface area contributed by atoms with Crippen molar-refractivity contribution < 1.29 is 0 Å². The first-order valence-electron chi connectivity index (χ1n) is 10.2. The fraction of sp³-hybridized carbons (Fsp3) is 0.417. The van der Waals surface area contributed by atoms with Crippen LogP contribution in [0.4, 0.5) is 0 Å². The van der Waals surface area contributed by atoms with Crippen molar-refractivity contribution in [1.82, 2.24) is 9.55 Å². The van der Waals surface area contributed by atoms with Crippen LogP contribution in [-0.4, -0.2) is 15.3 Å². The smallest absolute Gasteiger partial charge is 0.263 e. The predicted molar refractivity (Wildman–Crippen MR) is 125 cm³/mol. The topological polar surface area (TPSA) is 34.9 Å². The van der Waals surface area contributed by atoms with E-state index in [0.717, 1.165) is 46.0 Å². The molecule has 0 saturated heterocycles. The van der Waals surface area contributed by atoms with E-state index in [-0.39, 0.29) is 5.56 Å². The van der Waals surface area contributed by atoms with E-state index in [1.165, 1.54) is 10.4 Å². The van der Waals surface area contributed by atoms with Crippen LogP contribution in [-0.2, 0) is 19.4 Å². The highest BCUT2D eigenvalue weighted by atomic mass is 32.2. The molecular weight excluding hydrogens is 396 g/mol. The Bertz CT molecular complexity index is 1090.